The van der Waals surface area contributed by atoms with E-state index in [9.17, 15) is 0 Å². The summed E-state index contributed by atoms with van der Waals surface area (Å²) in [6, 6.07) is 10.1. The second-order valence-electron chi connectivity index (χ2n) is 5.03. The first kappa shape index (κ1) is 14.8. The average molecular weight is 291 g/mol. The average Bonchev–Trinajstić information content (AvgIpc) is 2.41. The van der Waals surface area contributed by atoms with Gasteiger partial charge in [0, 0.05) is 18.8 Å². The minimum absolute atomic E-state index is 0.427. The first-order valence-corrected chi connectivity index (χ1v) is 7.05. The molecule has 0 unspecified atom stereocenters. The van der Waals surface area contributed by atoms with Crippen LogP contribution in [0.4, 0.5) is 0 Å². The zero-order valence-corrected chi connectivity index (χ0v) is 12.7. The Kier molecular flexibility index (Phi) is 4.99. The molecule has 2 rings (SSSR count). The van der Waals surface area contributed by atoms with Gasteiger partial charge in [-0.15, -0.1) is 0 Å². The first-order chi connectivity index (χ1) is 9.56. The molecule has 0 amide bonds. The van der Waals surface area contributed by atoms with E-state index in [0.29, 0.717) is 16.9 Å². The van der Waals surface area contributed by atoms with Crippen LogP contribution in [0.2, 0.25) is 5.02 Å². The molecule has 0 saturated carbocycles. The Labute approximate surface area is 124 Å². The third-order valence-electron chi connectivity index (χ3n) is 2.88. The molecule has 2 aromatic rings. The summed E-state index contributed by atoms with van der Waals surface area (Å²) in [5, 5.41) is 3.85. The molecule has 1 aromatic carbocycles. The number of nitrogens with one attached hydrogen (secondary N) is 1. The van der Waals surface area contributed by atoms with E-state index in [2.05, 4.69) is 24.1 Å². The SMILES string of the molecule is Cc1ccccc1Oc1ncc(CNC(C)C)cc1Cl. The van der Waals surface area contributed by atoms with Gasteiger partial charge in [0.1, 0.15) is 10.8 Å². The summed E-state index contributed by atoms with van der Waals surface area (Å²) >= 11 is 6.23. The van der Waals surface area contributed by atoms with Gasteiger partial charge in [0.15, 0.2) is 0 Å². The van der Waals surface area contributed by atoms with Gasteiger partial charge in [-0.1, -0.05) is 43.6 Å². The van der Waals surface area contributed by atoms with Crippen LogP contribution in [-0.4, -0.2) is 11.0 Å². The number of pyridine rings is 1. The van der Waals surface area contributed by atoms with Gasteiger partial charge in [-0.3, -0.25) is 0 Å². The van der Waals surface area contributed by atoms with E-state index in [1.807, 2.05) is 37.3 Å². The van der Waals surface area contributed by atoms with Crippen molar-refractivity contribution >= 4 is 11.6 Å². The highest BCUT2D eigenvalue weighted by Crippen LogP contribution is 2.29. The normalized spacial score (nSPS) is 10.8. The number of hydrogen-bond acceptors (Lipinski definition) is 3. The standard InChI is InChI=1S/C16H19ClN2O/c1-11(2)18-9-13-8-14(17)16(19-10-13)20-15-7-5-4-6-12(15)3/h4-8,10-11,18H,9H2,1-3H3. The second-order valence-corrected chi connectivity index (χ2v) is 5.44. The van der Waals surface area contributed by atoms with E-state index in [4.69, 9.17) is 16.3 Å². The lowest BCUT2D eigenvalue weighted by Crippen LogP contribution is -2.21. The molecule has 0 radical (unpaired) electrons. The van der Waals surface area contributed by atoms with Crippen LogP contribution in [0.15, 0.2) is 36.5 Å². The fourth-order valence-electron chi connectivity index (χ4n) is 1.73. The number of nitrogens with zero attached hydrogens (tertiary/aromatic N) is 1. The monoisotopic (exact) mass is 290 g/mol. The number of hydrogen-bond donors (Lipinski definition) is 1. The topological polar surface area (TPSA) is 34.1 Å². The third kappa shape index (κ3) is 3.95. The molecule has 20 heavy (non-hydrogen) atoms. The molecule has 0 aliphatic heterocycles. The number of benzene rings is 1. The van der Waals surface area contributed by atoms with E-state index < -0.39 is 0 Å². The van der Waals surface area contributed by atoms with Crippen LogP contribution in [0.3, 0.4) is 0 Å². The van der Waals surface area contributed by atoms with Crippen molar-refractivity contribution < 1.29 is 4.74 Å². The predicted octanol–water partition coefficient (Wildman–Crippen LogP) is 4.33. The molecule has 3 nitrogen and oxygen atoms in total. The zero-order valence-electron chi connectivity index (χ0n) is 12.0. The Hall–Kier alpha value is -1.58. The van der Waals surface area contributed by atoms with Crippen molar-refractivity contribution in [2.45, 2.75) is 33.4 Å². The number of para-hydroxylation sites is 1. The molecule has 1 heterocycles. The van der Waals surface area contributed by atoms with Crippen LogP contribution in [-0.2, 0) is 6.54 Å². The highest BCUT2D eigenvalue weighted by atomic mass is 35.5. The zero-order chi connectivity index (χ0) is 14.5. The second kappa shape index (κ2) is 6.73. The van der Waals surface area contributed by atoms with Crippen LogP contribution in [0, 0.1) is 6.92 Å². The van der Waals surface area contributed by atoms with Crippen LogP contribution in [0.5, 0.6) is 11.6 Å². The van der Waals surface area contributed by atoms with E-state index >= 15 is 0 Å². The Morgan fingerprint density at radius 2 is 2.05 bits per heavy atom. The van der Waals surface area contributed by atoms with Gasteiger partial charge < -0.3 is 10.1 Å². The van der Waals surface area contributed by atoms with E-state index in [1.165, 1.54) is 0 Å². The minimum atomic E-state index is 0.427. The van der Waals surface area contributed by atoms with Crippen LogP contribution < -0.4 is 10.1 Å². The quantitative estimate of drug-likeness (QED) is 0.890. The summed E-state index contributed by atoms with van der Waals surface area (Å²) in [5.74, 6) is 1.21. The summed E-state index contributed by atoms with van der Waals surface area (Å²) in [5.41, 5.74) is 2.09. The maximum Gasteiger partial charge on any atom is 0.238 e. The van der Waals surface area contributed by atoms with Crippen molar-refractivity contribution in [1.82, 2.24) is 10.3 Å². The number of halogens is 1. The highest BCUT2D eigenvalue weighted by Gasteiger charge is 2.08. The molecule has 1 aromatic heterocycles. The fourth-order valence-corrected chi connectivity index (χ4v) is 1.96. The molecule has 0 saturated heterocycles. The Morgan fingerprint density at radius 1 is 1.30 bits per heavy atom. The summed E-state index contributed by atoms with van der Waals surface area (Å²) in [4.78, 5) is 4.30. The lowest BCUT2D eigenvalue weighted by molar-refractivity contribution is 0.459. The number of aromatic nitrogens is 1. The first-order valence-electron chi connectivity index (χ1n) is 6.67. The molecular weight excluding hydrogens is 272 g/mol. The number of aryl methyl sites for hydroxylation is 1. The maximum absolute atomic E-state index is 6.23. The van der Waals surface area contributed by atoms with Gasteiger partial charge in [-0.05, 0) is 30.2 Å². The van der Waals surface area contributed by atoms with Gasteiger partial charge >= 0.3 is 0 Å². The highest BCUT2D eigenvalue weighted by molar-refractivity contribution is 6.31. The van der Waals surface area contributed by atoms with Gasteiger partial charge in [0.25, 0.3) is 0 Å². The van der Waals surface area contributed by atoms with Crippen molar-refractivity contribution in [2.24, 2.45) is 0 Å². The Morgan fingerprint density at radius 3 is 2.70 bits per heavy atom. The van der Waals surface area contributed by atoms with E-state index in [1.54, 1.807) is 6.20 Å². The van der Waals surface area contributed by atoms with Crippen molar-refractivity contribution in [3.8, 4) is 11.6 Å². The van der Waals surface area contributed by atoms with Crippen molar-refractivity contribution in [3.05, 3.63) is 52.7 Å². The molecule has 4 heteroatoms. The molecule has 0 aliphatic carbocycles. The maximum atomic E-state index is 6.23. The molecule has 0 bridgehead atoms. The number of rotatable bonds is 5. The molecule has 1 N–H and O–H groups in total. The molecule has 106 valence electrons. The summed E-state index contributed by atoms with van der Waals surface area (Å²) in [6.07, 6.45) is 1.79. The van der Waals surface area contributed by atoms with Crippen LogP contribution in [0.25, 0.3) is 0 Å². The predicted molar refractivity (Wildman–Crippen MR) is 82.5 cm³/mol. The fraction of sp³-hybridized carbons (Fsp3) is 0.312. The van der Waals surface area contributed by atoms with Crippen LogP contribution in [0.1, 0.15) is 25.0 Å². The molecule has 0 atom stereocenters. The van der Waals surface area contributed by atoms with Gasteiger partial charge in [-0.2, -0.15) is 0 Å². The van der Waals surface area contributed by atoms with Gasteiger partial charge in [0.2, 0.25) is 5.88 Å². The van der Waals surface area contributed by atoms with Gasteiger partial charge in [0.05, 0.1) is 0 Å². The van der Waals surface area contributed by atoms with Gasteiger partial charge in [-0.25, -0.2) is 4.98 Å². The largest absolute Gasteiger partial charge is 0.437 e. The lowest BCUT2D eigenvalue weighted by atomic mass is 10.2. The third-order valence-corrected chi connectivity index (χ3v) is 3.15. The Balaban J connectivity index is 2.12. The lowest BCUT2D eigenvalue weighted by Gasteiger charge is -2.11. The summed E-state index contributed by atoms with van der Waals surface area (Å²) < 4.78 is 5.76. The smallest absolute Gasteiger partial charge is 0.238 e. The van der Waals surface area contributed by atoms with E-state index in [-0.39, 0.29) is 0 Å². The van der Waals surface area contributed by atoms with E-state index in [0.717, 1.165) is 23.4 Å². The number of ether oxygens (including phenoxy) is 1. The van der Waals surface area contributed by atoms with Crippen LogP contribution >= 0.6 is 11.6 Å². The summed E-state index contributed by atoms with van der Waals surface area (Å²) in [6.45, 7) is 6.94. The minimum Gasteiger partial charge on any atom is -0.437 e. The summed E-state index contributed by atoms with van der Waals surface area (Å²) in [7, 11) is 0. The molecule has 0 aliphatic rings. The van der Waals surface area contributed by atoms with Crippen molar-refractivity contribution in [3.63, 3.8) is 0 Å². The molecule has 0 spiro atoms. The Bertz CT molecular complexity index is 584. The van der Waals surface area contributed by atoms with Crippen molar-refractivity contribution in [1.29, 1.82) is 0 Å². The van der Waals surface area contributed by atoms with Crippen molar-refractivity contribution in [2.75, 3.05) is 0 Å². The molecular formula is C16H19ClN2O. The molecule has 0 fully saturated rings.